The summed E-state index contributed by atoms with van der Waals surface area (Å²) < 4.78 is 0. The van der Waals surface area contributed by atoms with Gasteiger partial charge >= 0.3 is 0 Å². The van der Waals surface area contributed by atoms with Crippen LogP contribution in [0.25, 0.3) is 0 Å². The van der Waals surface area contributed by atoms with Gasteiger partial charge in [-0.05, 0) is 31.6 Å². The topological polar surface area (TPSA) is 26.0 Å². The van der Waals surface area contributed by atoms with Crippen molar-refractivity contribution in [3.63, 3.8) is 0 Å². The molecule has 0 saturated heterocycles. The van der Waals surface area contributed by atoms with Gasteiger partial charge in [0.1, 0.15) is 0 Å². The van der Waals surface area contributed by atoms with Crippen molar-refractivity contribution in [3.05, 3.63) is 0 Å². The Hall–Kier alpha value is 0.310. The van der Waals surface area contributed by atoms with Crippen LogP contribution in [-0.2, 0) is 0 Å². The summed E-state index contributed by atoms with van der Waals surface area (Å²) in [7, 11) is 0. The Morgan fingerprint density at radius 1 is 1.30 bits per heavy atom. The van der Waals surface area contributed by atoms with E-state index in [9.17, 15) is 0 Å². The van der Waals surface area contributed by atoms with E-state index in [1.807, 2.05) is 0 Å². The van der Waals surface area contributed by atoms with E-state index < -0.39 is 0 Å². The van der Waals surface area contributed by atoms with E-state index >= 15 is 0 Å². The van der Waals surface area contributed by atoms with Gasteiger partial charge in [-0.1, -0.05) is 6.92 Å². The molecule has 0 spiro atoms. The largest absolute Gasteiger partial charge is 0.328 e. The molecule has 2 N–H and O–H groups in total. The van der Waals surface area contributed by atoms with Gasteiger partial charge in [0.25, 0.3) is 0 Å². The normalized spacial score (nSPS) is 37.5. The second-order valence-electron chi connectivity index (χ2n) is 3.42. The average molecular weight is 159 g/mol. The summed E-state index contributed by atoms with van der Waals surface area (Å²) in [5.41, 5.74) is 5.77. The minimum atomic E-state index is 0.475. The average Bonchev–Trinajstić information content (AvgIpc) is 1.88. The molecule has 1 aliphatic carbocycles. The lowest BCUT2D eigenvalue weighted by atomic mass is 9.85. The molecule has 0 bridgehead atoms. The van der Waals surface area contributed by atoms with E-state index in [1.54, 1.807) is 0 Å². The molecule has 0 aromatic heterocycles. The van der Waals surface area contributed by atoms with Gasteiger partial charge in [0, 0.05) is 11.3 Å². The van der Waals surface area contributed by atoms with Crippen LogP contribution < -0.4 is 5.73 Å². The summed E-state index contributed by atoms with van der Waals surface area (Å²) in [6, 6.07) is 0.475. The summed E-state index contributed by atoms with van der Waals surface area (Å²) in [6.45, 7) is 2.19. The molecular formula is C8H17NS. The van der Waals surface area contributed by atoms with E-state index in [-0.39, 0.29) is 0 Å². The molecule has 0 aromatic carbocycles. The summed E-state index contributed by atoms with van der Waals surface area (Å²) in [4.78, 5) is 0. The van der Waals surface area contributed by atoms with Crippen molar-refractivity contribution in [1.29, 1.82) is 0 Å². The van der Waals surface area contributed by atoms with Gasteiger partial charge in [-0.2, -0.15) is 12.6 Å². The molecule has 1 fully saturated rings. The first-order valence-electron chi connectivity index (χ1n) is 4.14. The highest BCUT2D eigenvalue weighted by Crippen LogP contribution is 2.27. The van der Waals surface area contributed by atoms with Crippen LogP contribution in [0.15, 0.2) is 0 Å². The molecule has 0 radical (unpaired) electrons. The van der Waals surface area contributed by atoms with Crippen LogP contribution in [0.3, 0.4) is 0 Å². The van der Waals surface area contributed by atoms with Gasteiger partial charge in [-0.25, -0.2) is 0 Å². The van der Waals surface area contributed by atoms with Crippen LogP contribution in [0.5, 0.6) is 0 Å². The summed E-state index contributed by atoms with van der Waals surface area (Å²) in [5.74, 6) is 0.822. The van der Waals surface area contributed by atoms with Gasteiger partial charge in [0.05, 0.1) is 0 Å². The molecule has 10 heavy (non-hydrogen) atoms. The third-order valence-electron chi connectivity index (χ3n) is 2.50. The Balaban J connectivity index is 2.26. The Morgan fingerprint density at radius 2 is 1.80 bits per heavy atom. The fraction of sp³-hybridized carbons (Fsp3) is 1.00. The van der Waals surface area contributed by atoms with Gasteiger partial charge in [0.15, 0.2) is 0 Å². The number of hydrogen-bond acceptors (Lipinski definition) is 2. The second kappa shape index (κ2) is 3.63. The molecule has 1 atom stereocenters. The smallest absolute Gasteiger partial charge is 0.00390 e. The van der Waals surface area contributed by atoms with E-state index in [1.165, 1.54) is 25.7 Å². The summed E-state index contributed by atoms with van der Waals surface area (Å²) >= 11 is 4.43. The predicted molar refractivity (Wildman–Crippen MR) is 48.4 cm³/mol. The standard InChI is InChI=1S/C8H17NS/c1-6(10)7-2-4-8(9)5-3-7/h6-8,10H,2-5,9H2,1H3. The van der Waals surface area contributed by atoms with Crippen LogP contribution in [0, 0.1) is 5.92 Å². The van der Waals surface area contributed by atoms with Gasteiger partial charge in [-0.15, -0.1) is 0 Å². The van der Waals surface area contributed by atoms with Crippen molar-refractivity contribution in [2.45, 2.75) is 43.9 Å². The first-order chi connectivity index (χ1) is 4.70. The Labute approximate surface area is 68.8 Å². The van der Waals surface area contributed by atoms with Crippen molar-refractivity contribution in [2.24, 2.45) is 11.7 Å². The molecule has 0 heterocycles. The Bertz CT molecular complexity index is 95.4. The predicted octanol–water partition coefficient (Wildman–Crippen LogP) is 1.82. The fourth-order valence-corrected chi connectivity index (χ4v) is 1.93. The third kappa shape index (κ3) is 2.17. The van der Waals surface area contributed by atoms with E-state index in [0.29, 0.717) is 11.3 Å². The molecule has 60 valence electrons. The van der Waals surface area contributed by atoms with E-state index in [2.05, 4.69) is 19.6 Å². The van der Waals surface area contributed by atoms with Crippen molar-refractivity contribution < 1.29 is 0 Å². The van der Waals surface area contributed by atoms with Crippen LogP contribution in [0.1, 0.15) is 32.6 Å². The van der Waals surface area contributed by atoms with Gasteiger partial charge < -0.3 is 5.73 Å². The van der Waals surface area contributed by atoms with Crippen molar-refractivity contribution in [1.82, 2.24) is 0 Å². The highest BCUT2D eigenvalue weighted by atomic mass is 32.1. The van der Waals surface area contributed by atoms with E-state index in [4.69, 9.17) is 5.73 Å². The molecule has 1 nitrogen and oxygen atoms in total. The molecule has 1 unspecified atom stereocenters. The van der Waals surface area contributed by atoms with Crippen LogP contribution in [0.4, 0.5) is 0 Å². The fourth-order valence-electron chi connectivity index (χ4n) is 1.63. The van der Waals surface area contributed by atoms with Crippen LogP contribution in [-0.4, -0.2) is 11.3 Å². The molecule has 0 aliphatic heterocycles. The third-order valence-corrected chi connectivity index (χ3v) is 2.92. The Kier molecular flexibility index (Phi) is 3.05. The van der Waals surface area contributed by atoms with Crippen molar-refractivity contribution in [2.75, 3.05) is 0 Å². The SMILES string of the molecule is CC(S)C1CCC(N)CC1. The zero-order valence-corrected chi connectivity index (χ0v) is 7.48. The maximum Gasteiger partial charge on any atom is 0.00390 e. The molecule has 2 heteroatoms. The summed E-state index contributed by atoms with van der Waals surface area (Å²) in [5, 5.41) is 0.562. The summed E-state index contributed by atoms with van der Waals surface area (Å²) in [6.07, 6.45) is 4.97. The molecule has 1 rings (SSSR count). The van der Waals surface area contributed by atoms with Crippen molar-refractivity contribution in [3.8, 4) is 0 Å². The van der Waals surface area contributed by atoms with Crippen LogP contribution in [0.2, 0.25) is 0 Å². The number of hydrogen-bond donors (Lipinski definition) is 2. The minimum Gasteiger partial charge on any atom is -0.328 e. The van der Waals surface area contributed by atoms with Crippen molar-refractivity contribution >= 4 is 12.6 Å². The Morgan fingerprint density at radius 3 is 2.20 bits per heavy atom. The zero-order valence-electron chi connectivity index (χ0n) is 6.59. The first kappa shape index (κ1) is 8.41. The minimum absolute atomic E-state index is 0.475. The number of rotatable bonds is 1. The van der Waals surface area contributed by atoms with Gasteiger partial charge in [-0.3, -0.25) is 0 Å². The van der Waals surface area contributed by atoms with E-state index in [0.717, 1.165) is 5.92 Å². The molecule has 0 amide bonds. The second-order valence-corrected chi connectivity index (χ2v) is 4.23. The number of thiol groups is 1. The zero-order chi connectivity index (χ0) is 7.56. The van der Waals surface area contributed by atoms with Gasteiger partial charge in [0.2, 0.25) is 0 Å². The highest BCUT2D eigenvalue weighted by molar-refractivity contribution is 7.80. The highest BCUT2D eigenvalue weighted by Gasteiger charge is 2.20. The molecule has 1 saturated carbocycles. The molecule has 0 aromatic rings. The molecule has 1 aliphatic rings. The maximum absolute atomic E-state index is 5.77. The lowest BCUT2D eigenvalue weighted by Crippen LogP contribution is -2.29. The first-order valence-corrected chi connectivity index (χ1v) is 4.65. The van der Waals surface area contributed by atoms with Crippen LogP contribution >= 0.6 is 12.6 Å². The monoisotopic (exact) mass is 159 g/mol. The lowest BCUT2D eigenvalue weighted by molar-refractivity contribution is 0.326. The maximum atomic E-state index is 5.77. The quantitative estimate of drug-likeness (QED) is 0.561. The molecular weight excluding hydrogens is 142 g/mol. The number of nitrogens with two attached hydrogens (primary N) is 1. The lowest BCUT2D eigenvalue weighted by Gasteiger charge is -2.28.